The Kier molecular flexibility index (Phi) is 7.29. The van der Waals surface area contributed by atoms with Crippen LogP contribution in [0.1, 0.15) is 17.9 Å². The molecule has 35 heavy (non-hydrogen) atoms. The first kappa shape index (κ1) is 25.3. The predicted octanol–water partition coefficient (Wildman–Crippen LogP) is 5.02. The van der Waals surface area contributed by atoms with Gasteiger partial charge in [-0.2, -0.15) is 13.2 Å². The summed E-state index contributed by atoms with van der Waals surface area (Å²) in [6.07, 6.45) is -5.01. The molecule has 1 saturated heterocycles. The SMILES string of the molecule is O=S(=O)(Nc1cscn1)c1cc(F)c(O[C@H]2CCN(CC(F)(F)F)C[C@@H]2c2ccccc2)cc1F. The van der Waals surface area contributed by atoms with Gasteiger partial charge in [0.05, 0.1) is 12.1 Å². The summed E-state index contributed by atoms with van der Waals surface area (Å²) in [5, 5.41) is 1.39. The second kappa shape index (κ2) is 10.1. The lowest BCUT2D eigenvalue weighted by atomic mass is 9.87. The van der Waals surface area contributed by atoms with Crippen molar-refractivity contribution in [3.63, 3.8) is 0 Å². The van der Waals surface area contributed by atoms with Crippen LogP contribution in [0.2, 0.25) is 0 Å². The Morgan fingerprint density at radius 3 is 2.54 bits per heavy atom. The Morgan fingerprint density at radius 1 is 1.14 bits per heavy atom. The van der Waals surface area contributed by atoms with Crippen LogP contribution in [0.3, 0.4) is 0 Å². The number of nitrogens with one attached hydrogen (secondary N) is 1. The fourth-order valence-corrected chi connectivity index (χ4v) is 5.61. The Balaban J connectivity index is 1.57. The van der Waals surface area contributed by atoms with E-state index in [1.807, 2.05) is 0 Å². The summed E-state index contributed by atoms with van der Waals surface area (Å²) < 4.78 is 101. The summed E-state index contributed by atoms with van der Waals surface area (Å²) in [6, 6.07) is 9.81. The quantitative estimate of drug-likeness (QED) is 0.432. The first-order valence-electron chi connectivity index (χ1n) is 10.4. The number of thiazole rings is 1. The number of anilines is 1. The van der Waals surface area contributed by atoms with Gasteiger partial charge in [-0.25, -0.2) is 22.2 Å². The first-order chi connectivity index (χ1) is 16.5. The zero-order chi connectivity index (χ0) is 25.2. The van der Waals surface area contributed by atoms with Crippen LogP contribution in [-0.2, 0) is 10.0 Å². The highest BCUT2D eigenvalue weighted by Crippen LogP contribution is 2.34. The highest BCUT2D eigenvalue weighted by atomic mass is 32.2. The molecule has 2 atom stereocenters. The van der Waals surface area contributed by atoms with E-state index in [0.717, 1.165) is 11.3 Å². The van der Waals surface area contributed by atoms with E-state index in [1.165, 1.54) is 15.8 Å². The molecule has 2 aromatic carbocycles. The Hall–Kier alpha value is -2.77. The van der Waals surface area contributed by atoms with Crippen molar-refractivity contribution in [2.45, 2.75) is 29.5 Å². The fraction of sp³-hybridized carbons (Fsp3) is 0.318. The lowest BCUT2D eigenvalue weighted by molar-refractivity contribution is -0.150. The molecule has 13 heteroatoms. The van der Waals surface area contributed by atoms with Crippen molar-refractivity contribution >= 4 is 27.2 Å². The number of piperidine rings is 1. The van der Waals surface area contributed by atoms with Crippen LogP contribution >= 0.6 is 11.3 Å². The van der Waals surface area contributed by atoms with E-state index in [0.29, 0.717) is 17.7 Å². The molecule has 0 bridgehead atoms. The number of hydrogen-bond donors (Lipinski definition) is 1. The van der Waals surface area contributed by atoms with Crippen molar-refractivity contribution in [1.82, 2.24) is 9.88 Å². The largest absolute Gasteiger partial charge is 0.487 e. The van der Waals surface area contributed by atoms with Gasteiger partial charge in [-0.15, -0.1) is 11.3 Å². The molecule has 1 aliphatic rings. The molecule has 4 rings (SSSR count). The molecular weight excluding hydrogens is 513 g/mol. The first-order valence-corrected chi connectivity index (χ1v) is 12.9. The van der Waals surface area contributed by atoms with Gasteiger partial charge in [-0.05, 0) is 12.0 Å². The predicted molar refractivity (Wildman–Crippen MR) is 120 cm³/mol. The van der Waals surface area contributed by atoms with E-state index in [4.69, 9.17) is 4.74 Å². The highest BCUT2D eigenvalue weighted by Gasteiger charge is 2.38. The summed E-state index contributed by atoms with van der Waals surface area (Å²) in [4.78, 5) is 4.08. The van der Waals surface area contributed by atoms with E-state index in [2.05, 4.69) is 9.71 Å². The molecule has 0 amide bonds. The standard InChI is InChI=1S/C22H20F5N3O3S2/c23-16-9-20(35(31,32)29-21-11-34-13-28-21)17(24)8-19(16)33-18-6-7-30(12-22(25,26)27)10-15(18)14-4-2-1-3-5-14/h1-5,8-9,11,13,15,18,29H,6-7,10,12H2/t15-,18+/m1/s1. The van der Waals surface area contributed by atoms with Gasteiger partial charge in [0.15, 0.2) is 17.4 Å². The molecule has 0 unspecified atom stereocenters. The van der Waals surface area contributed by atoms with Crippen LogP contribution in [0, 0.1) is 11.6 Å². The molecule has 1 aromatic heterocycles. The topological polar surface area (TPSA) is 71.5 Å². The van der Waals surface area contributed by atoms with Crippen molar-refractivity contribution in [3.05, 3.63) is 70.6 Å². The maximum Gasteiger partial charge on any atom is 0.401 e. The molecule has 6 nitrogen and oxygen atoms in total. The lowest BCUT2D eigenvalue weighted by Gasteiger charge is -2.39. The maximum absolute atomic E-state index is 14.9. The normalized spacial score (nSPS) is 19.5. The Morgan fingerprint density at radius 2 is 1.89 bits per heavy atom. The summed E-state index contributed by atoms with van der Waals surface area (Å²) in [5.74, 6) is -3.47. The van der Waals surface area contributed by atoms with E-state index in [1.54, 1.807) is 30.3 Å². The van der Waals surface area contributed by atoms with Crippen molar-refractivity contribution in [1.29, 1.82) is 0 Å². The van der Waals surface area contributed by atoms with Crippen LogP contribution < -0.4 is 9.46 Å². The Bertz CT molecular complexity index is 1260. The molecule has 0 spiro atoms. The van der Waals surface area contributed by atoms with Gasteiger partial charge >= 0.3 is 6.18 Å². The van der Waals surface area contributed by atoms with Crippen LogP contribution in [0.15, 0.2) is 58.3 Å². The molecular formula is C22H20F5N3O3S2. The number of aromatic nitrogens is 1. The number of hydrogen-bond acceptors (Lipinski definition) is 6. The third-order valence-corrected chi connectivity index (χ3v) is 7.45. The van der Waals surface area contributed by atoms with Crippen LogP contribution in [0.25, 0.3) is 0 Å². The molecule has 2 heterocycles. The second-order valence-corrected chi connectivity index (χ2v) is 10.4. The fourth-order valence-electron chi connectivity index (χ4n) is 3.98. The Labute approximate surface area is 202 Å². The average molecular weight is 534 g/mol. The van der Waals surface area contributed by atoms with Gasteiger partial charge in [0.25, 0.3) is 10.0 Å². The number of halogens is 5. The summed E-state index contributed by atoms with van der Waals surface area (Å²) >= 11 is 1.11. The number of rotatable bonds is 7. The smallest absolute Gasteiger partial charge is 0.401 e. The van der Waals surface area contributed by atoms with Gasteiger partial charge in [0.1, 0.15) is 16.8 Å². The molecule has 3 aromatic rings. The third kappa shape index (κ3) is 6.27. The van der Waals surface area contributed by atoms with E-state index >= 15 is 0 Å². The molecule has 0 saturated carbocycles. The number of alkyl halides is 3. The van der Waals surface area contributed by atoms with E-state index < -0.39 is 57.0 Å². The molecule has 0 radical (unpaired) electrons. The molecule has 1 N–H and O–H groups in total. The number of likely N-dealkylation sites (tertiary alicyclic amines) is 1. The van der Waals surface area contributed by atoms with Gasteiger partial charge in [-0.3, -0.25) is 9.62 Å². The minimum Gasteiger partial charge on any atom is -0.487 e. The molecule has 1 fully saturated rings. The summed E-state index contributed by atoms with van der Waals surface area (Å²) in [6.45, 7) is -1.05. The van der Waals surface area contributed by atoms with Crippen LogP contribution in [0.4, 0.5) is 27.8 Å². The summed E-state index contributed by atoms with van der Waals surface area (Å²) in [5.41, 5.74) is 2.06. The van der Waals surface area contributed by atoms with Crippen LogP contribution in [-0.4, -0.2) is 50.2 Å². The van der Waals surface area contributed by atoms with Gasteiger partial charge in [0, 0.05) is 36.5 Å². The average Bonchev–Trinajstić information content (AvgIpc) is 3.28. The monoisotopic (exact) mass is 533 g/mol. The van der Waals surface area contributed by atoms with Crippen LogP contribution in [0.5, 0.6) is 5.75 Å². The van der Waals surface area contributed by atoms with E-state index in [9.17, 15) is 30.4 Å². The van der Waals surface area contributed by atoms with Gasteiger partial charge in [0.2, 0.25) is 0 Å². The zero-order valence-electron chi connectivity index (χ0n) is 18.0. The van der Waals surface area contributed by atoms with Crippen molar-refractivity contribution in [3.8, 4) is 5.75 Å². The number of ether oxygens (including phenoxy) is 1. The minimum absolute atomic E-state index is 0.00230. The highest BCUT2D eigenvalue weighted by molar-refractivity contribution is 7.92. The molecule has 0 aliphatic carbocycles. The van der Waals surface area contributed by atoms with Crippen molar-refractivity contribution < 1.29 is 35.1 Å². The zero-order valence-corrected chi connectivity index (χ0v) is 19.6. The number of benzene rings is 2. The van der Waals surface area contributed by atoms with Crippen molar-refractivity contribution in [2.24, 2.45) is 0 Å². The van der Waals surface area contributed by atoms with Crippen molar-refractivity contribution in [2.75, 3.05) is 24.4 Å². The summed E-state index contributed by atoms with van der Waals surface area (Å²) in [7, 11) is -4.45. The van der Waals surface area contributed by atoms with E-state index in [-0.39, 0.29) is 25.3 Å². The number of sulfonamides is 1. The number of nitrogens with zero attached hydrogens (tertiary/aromatic N) is 2. The second-order valence-electron chi connectivity index (χ2n) is 8.00. The van der Waals surface area contributed by atoms with Gasteiger partial charge < -0.3 is 4.74 Å². The minimum atomic E-state index is -4.45. The lowest BCUT2D eigenvalue weighted by Crippen LogP contribution is -2.47. The van der Waals surface area contributed by atoms with Gasteiger partial charge in [-0.1, -0.05) is 30.3 Å². The third-order valence-electron chi connectivity index (χ3n) is 5.49. The maximum atomic E-state index is 14.9. The molecule has 1 aliphatic heterocycles. The molecule has 188 valence electrons.